The van der Waals surface area contributed by atoms with E-state index < -0.39 is 5.97 Å². The average Bonchev–Trinajstić information content (AvgIpc) is 3.35. The van der Waals surface area contributed by atoms with E-state index in [-0.39, 0.29) is 11.4 Å². The quantitative estimate of drug-likeness (QED) is 0.144. The number of carbonyl (C=O) groups is 2. The van der Waals surface area contributed by atoms with Crippen molar-refractivity contribution in [1.82, 2.24) is 0 Å². The Morgan fingerprint density at radius 2 is 1.26 bits per heavy atom. The molecular weight excluding hydrogens is 472 g/mol. The second-order valence-corrected chi connectivity index (χ2v) is 12.6. The van der Waals surface area contributed by atoms with E-state index in [4.69, 9.17) is 9.84 Å². The molecular formula is C34H54O4. The third kappa shape index (κ3) is 9.12. The van der Waals surface area contributed by atoms with Gasteiger partial charge in [-0.25, -0.2) is 4.79 Å². The first-order chi connectivity index (χ1) is 18.5. The lowest BCUT2D eigenvalue weighted by atomic mass is 9.57. The normalized spacial score (nSPS) is 24.8. The third-order valence-corrected chi connectivity index (χ3v) is 9.43. The van der Waals surface area contributed by atoms with Gasteiger partial charge in [-0.15, -0.1) is 0 Å². The van der Waals surface area contributed by atoms with E-state index in [1.54, 1.807) is 30.3 Å². The summed E-state index contributed by atoms with van der Waals surface area (Å²) in [7, 11) is 0. The summed E-state index contributed by atoms with van der Waals surface area (Å²) in [5.74, 6) is -0.0849. The van der Waals surface area contributed by atoms with Crippen LogP contribution >= 0.6 is 0 Å². The summed E-state index contributed by atoms with van der Waals surface area (Å²) >= 11 is 0. The number of benzene rings is 1. The highest BCUT2D eigenvalue weighted by Crippen LogP contribution is 2.73. The minimum absolute atomic E-state index is 0.0205. The molecule has 0 radical (unpaired) electrons. The van der Waals surface area contributed by atoms with Gasteiger partial charge >= 0.3 is 11.9 Å². The molecule has 4 aliphatic rings. The summed E-state index contributed by atoms with van der Waals surface area (Å²) in [6, 6.07) is 8.30. The predicted molar refractivity (Wildman–Crippen MR) is 155 cm³/mol. The smallest absolute Gasteiger partial charge is 0.335 e. The number of hydrogen-bond donors (Lipinski definition) is 1. The minimum atomic E-state index is -0.879. The van der Waals surface area contributed by atoms with Gasteiger partial charge < -0.3 is 9.84 Å². The molecule has 1 aliphatic heterocycles. The van der Waals surface area contributed by atoms with E-state index in [0.29, 0.717) is 16.9 Å². The van der Waals surface area contributed by atoms with Crippen molar-refractivity contribution in [3.8, 4) is 0 Å². The van der Waals surface area contributed by atoms with Crippen LogP contribution in [0.4, 0.5) is 0 Å². The Bertz CT molecular complexity index is 811. The molecule has 0 aromatic heterocycles. The predicted octanol–water partition coefficient (Wildman–Crippen LogP) is 9.76. The zero-order valence-electron chi connectivity index (χ0n) is 24.2. The molecule has 4 nitrogen and oxygen atoms in total. The zero-order valence-corrected chi connectivity index (χ0v) is 24.2. The molecule has 1 aromatic rings. The van der Waals surface area contributed by atoms with E-state index in [9.17, 15) is 9.59 Å². The highest BCUT2D eigenvalue weighted by Gasteiger charge is 2.73. The maximum atomic E-state index is 12.2. The van der Waals surface area contributed by atoms with Gasteiger partial charge in [0.15, 0.2) is 0 Å². The lowest BCUT2D eigenvalue weighted by Crippen LogP contribution is -2.53. The molecule has 4 heteroatoms. The van der Waals surface area contributed by atoms with E-state index >= 15 is 0 Å². The number of cyclic esters (lactones) is 1. The third-order valence-electron chi connectivity index (χ3n) is 9.43. The standard InChI is InChI=1S/C27H48O2.C7H6O2/c1-2-3-4-5-6-7-8-9-10-11-12-13-14-15-16-17-18-19-24-20-26-21-27(24,22-26)25(28)29-23-26;8-7(9)6-4-2-1-3-5-6/h24H,2-23H2,1H3;1-5H,(H,8,9). The molecule has 3 saturated carbocycles. The maximum absolute atomic E-state index is 12.2. The van der Waals surface area contributed by atoms with Gasteiger partial charge in [-0.05, 0) is 43.7 Å². The number of carboxylic acids is 1. The van der Waals surface area contributed by atoms with Crippen LogP contribution in [0.2, 0.25) is 0 Å². The second kappa shape index (κ2) is 16.3. The topological polar surface area (TPSA) is 63.6 Å². The first-order valence-electron chi connectivity index (χ1n) is 16.0. The fraction of sp³-hybridized carbons (Fsp3) is 0.765. The molecule has 1 N–H and O–H groups in total. The Labute approximate surface area is 232 Å². The van der Waals surface area contributed by atoms with Gasteiger partial charge in [-0.3, -0.25) is 4.79 Å². The summed E-state index contributed by atoms with van der Waals surface area (Å²) < 4.78 is 5.44. The number of ether oxygens (including phenoxy) is 1. The number of carbonyl (C=O) groups excluding carboxylic acids is 1. The van der Waals surface area contributed by atoms with Crippen molar-refractivity contribution in [1.29, 1.82) is 0 Å². The van der Waals surface area contributed by atoms with Crippen LogP contribution < -0.4 is 0 Å². The van der Waals surface area contributed by atoms with Crippen molar-refractivity contribution in [3.05, 3.63) is 35.9 Å². The van der Waals surface area contributed by atoms with Gasteiger partial charge in [-0.2, -0.15) is 0 Å². The van der Waals surface area contributed by atoms with Crippen molar-refractivity contribution in [2.45, 2.75) is 142 Å². The van der Waals surface area contributed by atoms with Crippen LogP contribution in [0.15, 0.2) is 30.3 Å². The number of unbranched alkanes of at least 4 members (excludes halogenated alkanes) is 16. The van der Waals surface area contributed by atoms with Crippen LogP contribution in [0.5, 0.6) is 0 Å². The molecule has 38 heavy (non-hydrogen) atoms. The molecule has 1 unspecified atom stereocenters. The van der Waals surface area contributed by atoms with Crippen LogP contribution in [0.3, 0.4) is 0 Å². The Morgan fingerprint density at radius 1 is 0.789 bits per heavy atom. The van der Waals surface area contributed by atoms with Gasteiger partial charge in [0.05, 0.1) is 17.6 Å². The van der Waals surface area contributed by atoms with Gasteiger partial charge in [0.2, 0.25) is 0 Å². The minimum Gasteiger partial charge on any atom is -0.478 e. The number of hydrogen-bond acceptors (Lipinski definition) is 3. The Morgan fingerprint density at radius 3 is 1.71 bits per heavy atom. The highest BCUT2D eigenvalue weighted by atomic mass is 16.5. The first-order valence-corrected chi connectivity index (χ1v) is 16.0. The summed E-state index contributed by atoms with van der Waals surface area (Å²) in [5, 5.41) is 8.38. The summed E-state index contributed by atoms with van der Waals surface area (Å²) in [4.78, 5) is 22.4. The van der Waals surface area contributed by atoms with Gasteiger partial charge in [0.1, 0.15) is 0 Å². The van der Waals surface area contributed by atoms with Crippen molar-refractivity contribution in [2.75, 3.05) is 6.61 Å². The summed E-state index contributed by atoms with van der Waals surface area (Å²) in [6.45, 7) is 3.02. The molecule has 1 aromatic carbocycles. The molecule has 0 spiro atoms. The molecule has 1 atom stereocenters. The molecule has 1 heterocycles. The van der Waals surface area contributed by atoms with Gasteiger partial charge in [-0.1, -0.05) is 134 Å². The van der Waals surface area contributed by atoms with Crippen molar-refractivity contribution >= 4 is 11.9 Å². The summed E-state index contributed by atoms with van der Waals surface area (Å²) in [5.41, 5.74) is 0.734. The fourth-order valence-electron chi connectivity index (χ4n) is 7.35. The highest BCUT2D eigenvalue weighted by molar-refractivity contribution is 5.87. The van der Waals surface area contributed by atoms with Gasteiger partial charge in [0, 0.05) is 5.41 Å². The van der Waals surface area contributed by atoms with Crippen LogP contribution in [0, 0.1) is 16.7 Å². The lowest BCUT2D eigenvalue weighted by molar-refractivity contribution is -0.191. The average molecular weight is 527 g/mol. The first kappa shape index (κ1) is 30.7. The van der Waals surface area contributed by atoms with Crippen LogP contribution in [-0.2, 0) is 9.53 Å². The van der Waals surface area contributed by atoms with Crippen LogP contribution in [0.1, 0.15) is 152 Å². The second-order valence-electron chi connectivity index (χ2n) is 12.6. The Kier molecular flexibility index (Phi) is 13.2. The van der Waals surface area contributed by atoms with Crippen LogP contribution in [0.25, 0.3) is 0 Å². The molecule has 214 valence electrons. The van der Waals surface area contributed by atoms with Gasteiger partial charge in [0.25, 0.3) is 0 Å². The molecule has 1 saturated heterocycles. The van der Waals surface area contributed by atoms with Crippen molar-refractivity contribution in [3.63, 3.8) is 0 Å². The number of fused-ring (bicyclic) bond motifs is 1. The zero-order chi connectivity index (χ0) is 27.1. The van der Waals surface area contributed by atoms with E-state index in [1.165, 1.54) is 122 Å². The fourth-order valence-corrected chi connectivity index (χ4v) is 7.35. The summed E-state index contributed by atoms with van der Waals surface area (Å²) in [6.07, 6.45) is 29.2. The number of esters is 1. The number of aromatic carboxylic acids is 1. The van der Waals surface area contributed by atoms with Crippen molar-refractivity contribution < 1.29 is 19.4 Å². The molecule has 3 aliphatic carbocycles. The van der Waals surface area contributed by atoms with Crippen molar-refractivity contribution in [2.24, 2.45) is 16.7 Å². The van der Waals surface area contributed by atoms with E-state index in [2.05, 4.69) is 6.92 Å². The molecule has 4 fully saturated rings. The monoisotopic (exact) mass is 526 g/mol. The SMILES string of the molecule is CCCCCCCCCCCCCCCCCCCC1CC23COC(=O)C1(C2)C3.O=C(O)c1ccccc1. The van der Waals surface area contributed by atoms with E-state index in [0.717, 1.165) is 19.4 Å². The lowest BCUT2D eigenvalue weighted by Gasteiger charge is -2.51. The maximum Gasteiger partial charge on any atom is 0.335 e. The number of carboxylic acid groups (broad SMARTS) is 1. The Hall–Kier alpha value is -1.84. The van der Waals surface area contributed by atoms with E-state index in [1.807, 2.05) is 0 Å². The molecule has 5 rings (SSSR count). The largest absolute Gasteiger partial charge is 0.478 e. The molecule has 0 amide bonds. The van der Waals surface area contributed by atoms with Crippen LogP contribution in [-0.4, -0.2) is 23.7 Å². The number of rotatable bonds is 19. The molecule has 2 bridgehead atoms. The Balaban J connectivity index is 0.000000375.